The zero-order valence-electron chi connectivity index (χ0n) is 13.8. The molecule has 2 rings (SSSR count). The van der Waals surface area contributed by atoms with Crippen LogP contribution in [0.1, 0.15) is 4.88 Å². The predicted molar refractivity (Wildman–Crippen MR) is 99.1 cm³/mol. The average Bonchev–Trinajstić information content (AvgIpc) is 3.08. The summed E-state index contributed by atoms with van der Waals surface area (Å²) in [6, 6.07) is 10.4. The number of hydrogen-bond acceptors (Lipinski definition) is 5. The van der Waals surface area contributed by atoms with Gasteiger partial charge in [-0.3, -0.25) is 15.0 Å². The fourth-order valence-corrected chi connectivity index (χ4v) is 2.74. The van der Waals surface area contributed by atoms with Gasteiger partial charge in [0, 0.05) is 16.4 Å². The molecule has 25 heavy (non-hydrogen) atoms. The number of hydrogen-bond donors (Lipinski definition) is 2. The molecule has 2 aromatic rings. The van der Waals surface area contributed by atoms with Crippen LogP contribution in [0.3, 0.4) is 0 Å². The Morgan fingerprint density at radius 1 is 1.24 bits per heavy atom. The molecule has 0 aliphatic rings. The van der Waals surface area contributed by atoms with Crippen LogP contribution >= 0.6 is 22.9 Å². The lowest BCUT2D eigenvalue weighted by molar-refractivity contribution is -0.120. The van der Waals surface area contributed by atoms with E-state index in [9.17, 15) is 9.59 Å². The molecular formula is C17H20ClN3O3S. The molecule has 1 aromatic heterocycles. The minimum atomic E-state index is -0.496. The zero-order valence-corrected chi connectivity index (χ0v) is 15.4. The molecular weight excluding hydrogens is 362 g/mol. The van der Waals surface area contributed by atoms with Crippen molar-refractivity contribution in [3.05, 3.63) is 51.7 Å². The molecule has 0 aliphatic heterocycles. The highest BCUT2D eigenvalue weighted by atomic mass is 35.5. The Morgan fingerprint density at radius 3 is 2.68 bits per heavy atom. The maximum atomic E-state index is 11.8. The van der Waals surface area contributed by atoms with Gasteiger partial charge in [0.1, 0.15) is 12.4 Å². The fraction of sp³-hybridized carbons (Fsp3) is 0.294. The summed E-state index contributed by atoms with van der Waals surface area (Å²) in [6.07, 6.45) is 0. The lowest BCUT2D eigenvalue weighted by Gasteiger charge is -2.16. The van der Waals surface area contributed by atoms with Crippen molar-refractivity contribution in [1.29, 1.82) is 0 Å². The van der Waals surface area contributed by atoms with Crippen LogP contribution in [0.25, 0.3) is 0 Å². The monoisotopic (exact) mass is 381 g/mol. The maximum Gasteiger partial charge on any atom is 0.321 e. The third kappa shape index (κ3) is 7.55. The lowest BCUT2D eigenvalue weighted by Crippen LogP contribution is -2.44. The van der Waals surface area contributed by atoms with Gasteiger partial charge in [0.25, 0.3) is 0 Å². The average molecular weight is 382 g/mol. The first-order valence-electron chi connectivity index (χ1n) is 7.70. The van der Waals surface area contributed by atoms with E-state index in [0.29, 0.717) is 24.7 Å². The highest BCUT2D eigenvalue weighted by molar-refractivity contribution is 7.09. The van der Waals surface area contributed by atoms with Gasteiger partial charge in [-0.25, -0.2) is 4.79 Å². The minimum absolute atomic E-state index is 0.108. The summed E-state index contributed by atoms with van der Waals surface area (Å²) in [5.74, 6) is 0.355. The molecule has 6 nitrogen and oxygen atoms in total. The Labute approximate surface area is 155 Å². The fourth-order valence-electron chi connectivity index (χ4n) is 1.97. The predicted octanol–water partition coefficient (Wildman–Crippen LogP) is 2.74. The van der Waals surface area contributed by atoms with Gasteiger partial charge in [-0.2, -0.15) is 0 Å². The highest BCUT2D eigenvalue weighted by Crippen LogP contribution is 2.15. The minimum Gasteiger partial charge on any atom is -0.492 e. The molecule has 2 N–H and O–H groups in total. The first kappa shape index (κ1) is 19.2. The van der Waals surface area contributed by atoms with Crippen LogP contribution in [0.15, 0.2) is 41.8 Å². The molecule has 0 spiro atoms. The number of halogens is 1. The Kier molecular flexibility index (Phi) is 7.72. The number of likely N-dealkylation sites (N-methyl/N-ethyl adjacent to an activating group) is 1. The number of rotatable bonds is 8. The summed E-state index contributed by atoms with van der Waals surface area (Å²) in [4.78, 5) is 26.3. The van der Waals surface area contributed by atoms with Crippen LogP contribution in [0.4, 0.5) is 4.79 Å². The normalized spacial score (nSPS) is 10.5. The largest absolute Gasteiger partial charge is 0.492 e. The SMILES string of the molecule is CN(CCOc1ccc(Cl)cc1)CC(=O)NC(=O)NCc1cccs1. The summed E-state index contributed by atoms with van der Waals surface area (Å²) < 4.78 is 5.56. The molecule has 0 saturated carbocycles. The number of carbonyl (C=O) groups excluding carboxylic acids is 2. The molecule has 0 aliphatic carbocycles. The summed E-state index contributed by atoms with van der Waals surface area (Å²) in [6.45, 7) is 1.49. The third-order valence-corrected chi connectivity index (χ3v) is 4.35. The third-order valence-electron chi connectivity index (χ3n) is 3.23. The van der Waals surface area contributed by atoms with Crippen molar-refractivity contribution in [1.82, 2.24) is 15.5 Å². The Hall–Kier alpha value is -2.09. The van der Waals surface area contributed by atoms with E-state index in [-0.39, 0.29) is 12.5 Å². The van der Waals surface area contributed by atoms with E-state index in [2.05, 4.69) is 10.6 Å². The van der Waals surface area contributed by atoms with Gasteiger partial charge in [0.15, 0.2) is 0 Å². The lowest BCUT2D eigenvalue weighted by atomic mass is 10.3. The number of benzene rings is 1. The van der Waals surface area contributed by atoms with Crippen LogP contribution < -0.4 is 15.4 Å². The first-order valence-corrected chi connectivity index (χ1v) is 8.95. The van der Waals surface area contributed by atoms with Crippen molar-refractivity contribution in [3.63, 3.8) is 0 Å². The van der Waals surface area contributed by atoms with Crippen molar-refractivity contribution in [2.75, 3.05) is 26.7 Å². The van der Waals surface area contributed by atoms with Crippen LogP contribution in [-0.2, 0) is 11.3 Å². The summed E-state index contributed by atoms with van der Waals surface area (Å²) in [5.41, 5.74) is 0. The van der Waals surface area contributed by atoms with Gasteiger partial charge < -0.3 is 10.1 Å². The van der Waals surface area contributed by atoms with Gasteiger partial charge in [-0.15, -0.1) is 11.3 Å². The van der Waals surface area contributed by atoms with Crippen LogP contribution in [0.5, 0.6) is 5.75 Å². The van der Waals surface area contributed by atoms with Gasteiger partial charge >= 0.3 is 6.03 Å². The van der Waals surface area contributed by atoms with Crippen LogP contribution in [0.2, 0.25) is 5.02 Å². The zero-order chi connectivity index (χ0) is 18.1. The number of nitrogens with zero attached hydrogens (tertiary/aromatic N) is 1. The second kappa shape index (κ2) is 10.0. The van der Waals surface area contributed by atoms with E-state index in [4.69, 9.17) is 16.3 Å². The van der Waals surface area contributed by atoms with E-state index < -0.39 is 6.03 Å². The van der Waals surface area contributed by atoms with Crippen molar-refractivity contribution in [3.8, 4) is 5.75 Å². The van der Waals surface area contributed by atoms with Crippen LogP contribution in [-0.4, -0.2) is 43.6 Å². The molecule has 134 valence electrons. The number of imide groups is 1. The smallest absolute Gasteiger partial charge is 0.321 e. The van der Waals surface area contributed by atoms with E-state index in [0.717, 1.165) is 10.6 Å². The Bertz CT molecular complexity index is 677. The second-order valence-electron chi connectivity index (χ2n) is 5.35. The second-order valence-corrected chi connectivity index (χ2v) is 6.82. The van der Waals surface area contributed by atoms with Crippen molar-refractivity contribution in [2.45, 2.75) is 6.54 Å². The van der Waals surface area contributed by atoms with Gasteiger partial charge in [0.2, 0.25) is 5.91 Å². The quantitative estimate of drug-likeness (QED) is 0.737. The van der Waals surface area contributed by atoms with Crippen molar-refractivity contribution >= 4 is 34.9 Å². The first-order chi connectivity index (χ1) is 12.0. The topological polar surface area (TPSA) is 70.7 Å². The Balaban J connectivity index is 1.60. The summed E-state index contributed by atoms with van der Waals surface area (Å²) >= 11 is 7.35. The van der Waals surface area contributed by atoms with Gasteiger partial charge in [-0.05, 0) is 42.8 Å². The standard InChI is InChI=1S/C17H20ClN3O3S/c1-21(8-9-24-14-6-4-13(18)5-7-14)12-16(22)20-17(23)19-11-15-3-2-10-25-15/h2-7,10H,8-9,11-12H2,1H3,(H2,19,20,22,23). The van der Waals surface area contributed by atoms with E-state index in [1.165, 1.54) is 0 Å². The Morgan fingerprint density at radius 2 is 2.00 bits per heavy atom. The molecule has 0 bridgehead atoms. The van der Waals surface area contributed by atoms with E-state index in [1.54, 1.807) is 47.5 Å². The van der Waals surface area contributed by atoms with Crippen molar-refractivity contribution < 1.29 is 14.3 Å². The molecule has 0 radical (unpaired) electrons. The number of amides is 3. The molecule has 0 fully saturated rings. The molecule has 3 amide bonds. The highest BCUT2D eigenvalue weighted by Gasteiger charge is 2.10. The summed E-state index contributed by atoms with van der Waals surface area (Å²) in [5, 5.41) is 7.53. The van der Waals surface area contributed by atoms with Gasteiger partial charge in [-0.1, -0.05) is 17.7 Å². The van der Waals surface area contributed by atoms with Gasteiger partial charge in [0.05, 0.1) is 13.1 Å². The van der Waals surface area contributed by atoms with E-state index >= 15 is 0 Å². The van der Waals surface area contributed by atoms with E-state index in [1.807, 2.05) is 17.5 Å². The molecule has 0 atom stereocenters. The number of carbonyl (C=O) groups is 2. The number of nitrogens with one attached hydrogen (secondary N) is 2. The molecule has 1 heterocycles. The molecule has 1 aromatic carbocycles. The number of ether oxygens (including phenoxy) is 1. The molecule has 8 heteroatoms. The maximum absolute atomic E-state index is 11.8. The van der Waals surface area contributed by atoms with Crippen LogP contribution in [0, 0.1) is 0 Å². The molecule has 0 unspecified atom stereocenters. The summed E-state index contributed by atoms with van der Waals surface area (Å²) in [7, 11) is 1.79. The number of urea groups is 1. The number of thiophene rings is 1. The van der Waals surface area contributed by atoms with Crippen molar-refractivity contribution in [2.24, 2.45) is 0 Å². The molecule has 0 saturated heterocycles.